The molecular weight excluding hydrogens is 220 g/mol. The number of nitrogens with zero attached hydrogens (tertiary/aromatic N) is 2. The Morgan fingerprint density at radius 2 is 1.67 bits per heavy atom. The molecule has 0 aliphatic rings. The number of hydrogen-bond acceptors (Lipinski definition) is 1. The molecule has 0 aliphatic heterocycles. The molecule has 1 aromatic heterocycles. The van der Waals surface area contributed by atoms with Crippen molar-refractivity contribution < 1.29 is 0 Å². The Kier molecular flexibility index (Phi) is 3.85. The van der Waals surface area contributed by atoms with Crippen molar-refractivity contribution in [1.29, 1.82) is 0 Å². The van der Waals surface area contributed by atoms with Crippen molar-refractivity contribution in [2.45, 2.75) is 46.1 Å². The van der Waals surface area contributed by atoms with Crippen molar-refractivity contribution in [3.8, 4) is 0 Å². The number of imidazole rings is 1. The summed E-state index contributed by atoms with van der Waals surface area (Å²) in [7, 11) is 0. The van der Waals surface area contributed by atoms with Gasteiger partial charge in [-0.2, -0.15) is 0 Å². The molecule has 1 aromatic carbocycles. The van der Waals surface area contributed by atoms with Crippen LogP contribution in [0.1, 0.15) is 56.5 Å². The fraction of sp³-hybridized carbons (Fsp3) is 0.438. The predicted octanol–water partition coefficient (Wildman–Crippen LogP) is 4.18. The number of benzene rings is 1. The second-order valence-electron chi connectivity index (χ2n) is 5.44. The zero-order valence-electron chi connectivity index (χ0n) is 11.7. The Labute approximate surface area is 110 Å². The van der Waals surface area contributed by atoms with Crippen LogP contribution in [0.5, 0.6) is 0 Å². The van der Waals surface area contributed by atoms with Crippen molar-refractivity contribution in [3.63, 3.8) is 0 Å². The highest BCUT2D eigenvalue weighted by atomic mass is 15.1. The van der Waals surface area contributed by atoms with Gasteiger partial charge in [0.1, 0.15) is 0 Å². The maximum atomic E-state index is 4.60. The maximum Gasteiger partial charge on any atom is 0.0955 e. The lowest BCUT2D eigenvalue weighted by Crippen LogP contribution is -2.07. The number of rotatable bonds is 4. The Morgan fingerprint density at radius 1 is 1.00 bits per heavy atom. The molecule has 0 saturated heterocycles. The maximum absolute atomic E-state index is 4.60. The van der Waals surface area contributed by atoms with Crippen LogP contribution in [0.25, 0.3) is 0 Å². The summed E-state index contributed by atoms with van der Waals surface area (Å²) >= 11 is 0. The van der Waals surface area contributed by atoms with Gasteiger partial charge in [-0.3, -0.25) is 0 Å². The molecule has 1 heterocycles. The molecule has 0 amide bonds. The number of aromatic nitrogens is 2. The first-order valence-corrected chi connectivity index (χ1v) is 6.68. The van der Waals surface area contributed by atoms with E-state index in [-0.39, 0.29) is 0 Å². The van der Waals surface area contributed by atoms with E-state index < -0.39 is 0 Å². The van der Waals surface area contributed by atoms with Gasteiger partial charge >= 0.3 is 0 Å². The highest BCUT2D eigenvalue weighted by molar-refractivity contribution is 5.23. The van der Waals surface area contributed by atoms with Crippen LogP contribution in [-0.2, 0) is 6.54 Å². The molecule has 2 aromatic rings. The molecular formula is C16H22N2. The van der Waals surface area contributed by atoms with E-state index in [0.29, 0.717) is 11.8 Å². The third kappa shape index (κ3) is 2.63. The van der Waals surface area contributed by atoms with Crippen molar-refractivity contribution in [1.82, 2.24) is 9.55 Å². The summed E-state index contributed by atoms with van der Waals surface area (Å²) in [6, 6.07) is 10.6. The van der Waals surface area contributed by atoms with Crippen molar-refractivity contribution in [3.05, 3.63) is 53.6 Å². The van der Waals surface area contributed by atoms with Crippen LogP contribution in [0.4, 0.5) is 0 Å². The summed E-state index contributed by atoms with van der Waals surface area (Å²) in [5.41, 5.74) is 3.93. The molecule has 0 N–H and O–H groups in total. The predicted molar refractivity (Wildman–Crippen MR) is 75.9 cm³/mol. The molecule has 2 rings (SSSR count). The Morgan fingerprint density at radius 3 is 2.22 bits per heavy atom. The average Bonchev–Trinajstić information content (AvgIpc) is 2.74. The third-order valence-electron chi connectivity index (χ3n) is 3.20. The van der Waals surface area contributed by atoms with Crippen molar-refractivity contribution >= 4 is 0 Å². The van der Waals surface area contributed by atoms with Crippen molar-refractivity contribution in [2.75, 3.05) is 0 Å². The number of hydrogen-bond donors (Lipinski definition) is 0. The topological polar surface area (TPSA) is 17.8 Å². The van der Waals surface area contributed by atoms with Crippen LogP contribution in [0.3, 0.4) is 0 Å². The van der Waals surface area contributed by atoms with Crippen LogP contribution in [0, 0.1) is 0 Å². The van der Waals surface area contributed by atoms with Crippen LogP contribution in [0.2, 0.25) is 0 Å². The average molecular weight is 242 g/mol. The molecule has 0 fully saturated rings. The van der Waals surface area contributed by atoms with E-state index in [1.165, 1.54) is 17.0 Å². The van der Waals surface area contributed by atoms with Crippen LogP contribution >= 0.6 is 0 Å². The van der Waals surface area contributed by atoms with Gasteiger partial charge in [-0.25, -0.2) is 4.98 Å². The minimum atomic E-state index is 0.486. The molecule has 0 saturated carbocycles. The quantitative estimate of drug-likeness (QED) is 0.786. The fourth-order valence-electron chi connectivity index (χ4n) is 2.39. The summed E-state index contributed by atoms with van der Waals surface area (Å²) < 4.78 is 2.29. The summed E-state index contributed by atoms with van der Waals surface area (Å²) in [6.07, 6.45) is 1.98. The highest BCUT2D eigenvalue weighted by Crippen LogP contribution is 2.25. The molecule has 0 aliphatic carbocycles. The molecule has 2 heteroatoms. The standard InChI is InChI=1S/C16H22N2/c1-12(2)15-16(13(3)4)18(11-17-15)10-14-8-6-5-7-9-14/h5-9,11-13H,10H2,1-4H3. The van der Waals surface area contributed by atoms with Crippen molar-refractivity contribution in [2.24, 2.45) is 0 Å². The van der Waals surface area contributed by atoms with Gasteiger partial charge in [0.25, 0.3) is 0 Å². The molecule has 96 valence electrons. The van der Waals surface area contributed by atoms with E-state index in [1.54, 1.807) is 0 Å². The van der Waals surface area contributed by atoms with E-state index in [2.05, 4.69) is 67.6 Å². The molecule has 0 atom stereocenters. The van der Waals surface area contributed by atoms with E-state index in [0.717, 1.165) is 6.54 Å². The fourth-order valence-corrected chi connectivity index (χ4v) is 2.39. The molecule has 0 spiro atoms. The smallest absolute Gasteiger partial charge is 0.0955 e. The van der Waals surface area contributed by atoms with E-state index in [1.807, 2.05) is 6.33 Å². The summed E-state index contributed by atoms with van der Waals surface area (Å²) in [4.78, 5) is 4.60. The Hall–Kier alpha value is -1.57. The van der Waals surface area contributed by atoms with E-state index in [4.69, 9.17) is 0 Å². The first kappa shape index (κ1) is 12.9. The Balaban J connectivity index is 2.34. The zero-order chi connectivity index (χ0) is 13.1. The largest absolute Gasteiger partial charge is 0.330 e. The van der Waals surface area contributed by atoms with Gasteiger partial charge in [0, 0.05) is 12.2 Å². The lowest BCUT2D eigenvalue weighted by Gasteiger charge is -2.14. The molecule has 18 heavy (non-hydrogen) atoms. The van der Waals surface area contributed by atoms with Crippen LogP contribution < -0.4 is 0 Å². The SMILES string of the molecule is CC(C)c1ncn(Cc2ccccc2)c1C(C)C. The van der Waals surface area contributed by atoms with Gasteiger partial charge in [-0.1, -0.05) is 58.0 Å². The lowest BCUT2D eigenvalue weighted by atomic mass is 10.0. The van der Waals surface area contributed by atoms with Gasteiger partial charge in [0.15, 0.2) is 0 Å². The lowest BCUT2D eigenvalue weighted by molar-refractivity contribution is 0.673. The molecule has 0 unspecified atom stereocenters. The van der Waals surface area contributed by atoms with E-state index in [9.17, 15) is 0 Å². The summed E-state index contributed by atoms with van der Waals surface area (Å²) in [6.45, 7) is 9.81. The van der Waals surface area contributed by atoms with E-state index >= 15 is 0 Å². The monoisotopic (exact) mass is 242 g/mol. The normalized spacial score (nSPS) is 11.4. The third-order valence-corrected chi connectivity index (χ3v) is 3.20. The molecule has 0 bridgehead atoms. The van der Waals surface area contributed by atoms with Gasteiger partial charge in [0.05, 0.1) is 12.0 Å². The van der Waals surface area contributed by atoms with Gasteiger partial charge < -0.3 is 4.57 Å². The van der Waals surface area contributed by atoms with Gasteiger partial charge in [-0.15, -0.1) is 0 Å². The zero-order valence-corrected chi connectivity index (χ0v) is 11.7. The van der Waals surface area contributed by atoms with Gasteiger partial charge in [0.2, 0.25) is 0 Å². The first-order chi connectivity index (χ1) is 8.59. The minimum absolute atomic E-state index is 0.486. The first-order valence-electron chi connectivity index (χ1n) is 6.68. The highest BCUT2D eigenvalue weighted by Gasteiger charge is 2.16. The second-order valence-corrected chi connectivity index (χ2v) is 5.44. The molecule has 0 radical (unpaired) electrons. The van der Waals surface area contributed by atoms with Crippen LogP contribution in [0.15, 0.2) is 36.7 Å². The molecule has 2 nitrogen and oxygen atoms in total. The summed E-state index contributed by atoms with van der Waals surface area (Å²) in [5, 5.41) is 0. The summed E-state index contributed by atoms with van der Waals surface area (Å²) in [5.74, 6) is 0.994. The second kappa shape index (κ2) is 5.38. The van der Waals surface area contributed by atoms with Gasteiger partial charge in [-0.05, 0) is 17.4 Å². The minimum Gasteiger partial charge on any atom is -0.330 e. The Bertz CT molecular complexity index is 495. The van der Waals surface area contributed by atoms with Crippen LogP contribution in [-0.4, -0.2) is 9.55 Å².